The lowest BCUT2D eigenvalue weighted by Gasteiger charge is -2.09. The Balaban J connectivity index is 0. The van der Waals surface area contributed by atoms with Crippen LogP contribution in [0.15, 0.2) is 36.7 Å². The molecule has 0 spiro atoms. The van der Waals surface area contributed by atoms with E-state index in [4.69, 9.17) is 0 Å². The van der Waals surface area contributed by atoms with Crippen LogP contribution >= 0.6 is 0 Å². The molecule has 0 fully saturated rings. The lowest BCUT2D eigenvalue weighted by molar-refractivity contribution is 1.33. The van der Waals surface area contributed by atoms with Crippen LogP contribution in [-0.4, -0.2) is 9.97 Å². The van der Waals surface area contributed by atoms with Gasteiger partial charge in [0, 0.05) is 23.2 Å². The molecule has 0 aliphatic heterocycles. The predicted octanol–water partition coefficient (Wildman–Crippen LogP) is 7.50. The summed E-state index contributed by atoms with van der Waals surface area (Å²) >= 11 is 0. The van der Waals surface area contributed by atoms with Gasteiger partial charge < -0.3 is 0 Å². The van der Waals surface area contributed by atoms with Gasteiger partial charge in [-0.05, 0) is 37.1 Å². The van der Waals surface area contributed by atoms with Crippen molar-refractivity contribution in [3.8, 4) is 0 Å². The minimum absolute atomic E-state index is 1.00. The van der Waals surface area contributed by atoms with E-state index in [1.165, 1.54) is 21.9 Å². The molecule has 0 unspecified atom stereocenters. The number of fused-ring (bicyclic) bond motifs is 3. The lowest BCUT2D eigenvalue weighted by Crippen LogP contribution is -1.91. The molecule has 0 N–H and O–H groups in total. The van der Waals surface area contributed by atoms with E-state index in [0.717, 1.165) is 11.0 Å². The number of aromatic nitrogens is 2. The molecule has 2 heteroatoms. The maximum absolute atomic E-state index is 4.45. The highest BCUT2D eigenvalue weighted by molar-refractivity contribution is 6.06. The Hall–Kier alpha value is -1.96. The van der Waals surface area contributed by atoms with Crippen molar-refractivity contribution in [2.45, 2.75) is 69.2 Å². The second-order valence-corrected chi connectivity index (χ2v) is 4.05. The smallest absolute Gasteiger partial charge is 0.0967 e. The monoisotopic (exact) mass is 328 g/mol. The molecule has 3 aromatic rings. The zero-order valence-corrected chi connectivity index (χ0v) is 17.4. The Morgan fingerprint density at radius 1 is 0.542 bits per heavy atom. The third-order valence-corrected chi connectivity index (χ3v) is 3.21. The van der Waals surface area contributed by atoms with Crippen LogP contribution in [0, 0.1) is 13.8 Å². The quantitative estimate of drug-likeness (QED) is 0.399. The zero-order chi connectivity index (χ0) is 19.1. The molecule has 0 radical (unpaired) electrons. The molecule has 2 nitrogen and oxygen atoms in total. The summed E-state index contributed by atoms with van der Waals surface area (Å²) in [5.41, 5.74) is 4.59. The topological polar surface area (TPSA) is 25.8 Å². The van der Waals surface area contributed by atoms with Gasteiger partial charge in [-0.15, -0.1) is 0 Å². The lowest BCUT2D eigenvalue weighted by atomic mass is 9.99. The standard InChI is InChI=1S/C14H12N2.4C2H6/c1-9-10(2)12-6-4-8-16-14(12)13-11(9)5-3-7-15-13;4*1-2/h3-8H,1-2H3;4*1-2H3. The Labute approximate surface area is 149 Å². The number of aryl methyl sites for hydroxylation is 2. The van der Waals surface area contributed by atoms with Gasteiger partial charge in [0.15, 0.2) is 0 Å². The van der Waals surface area contributed by atoms with E-state index >= 15 is 0 Å². The van der Waals surface area contributed by atoms with E-state index in [-0.39, 0.29) is 0 Å². The molecule has 0 saturated carbocycles. The predicted molar refractivity (Wildman–Crippen MR) is 112 cm³/mol. The maximum Gasteiger partial charge on any atom is 0.0967 e. The Bertz CT molecular complexity index is 627. The van der Waals surface area contributed by atoms with Gasteiger partial charge in [0.2, 0.25) is 0 Å². The molecule has 0 aliphatic carbocycles. The molecule has 0 amide bonds. The number of hydrogen-bond donors (Lipinski definition) is 0. The molecular formula is C22H36N2. The van der Waals surface area contributed by atoms with Crippen LogP contribution in [0.3, 0.4) is 0 Å². The Morgan fingerprint density at radius 3 is 1.12 bits per heavy atom. The maximum atomic E-state index is 4.45. The molecule has 2 heterocycles. The first-order valence-corrected chi connectivity index (χ1v) is 9.37. The van der Waals surface area contributed by atoms with Gasteiger partial charge in [-0.1, -0.05) is 67.5 Å². The summed E-state index contributed by atoms with van der Waals surface area (Å²) in [4.78, 5) is 8.90. The van der Waals surface area contributed by atoms with E-state index in [1.54, 1.807) is 0 Å². The number of nitrogens with zero attached hydrogens (tertiary/aromatic N) is 2. The number of benzene rings is 1. The van der Waals surface area contributed by atoms with Gasteiger partial charge >= 0.3 is 0 Å². The number of hydrogen-bond acceptors (Lipinski definition) is 2. The minimum Gasteiger partial charge on any atom is -0.254 e. The van der Waals surface area contributed by atoms with Gasteiger partial charge in [0.25, 0.3) is 0 Å². The van der Waals surface area contributed by atoms with Crippen LogP contribution in [-0.2, 0) is 0 Å². The van der Waals surface area contributed by atoms with Crippen LogP contribution < -0.4 is 0 Å². The van der Waals surface area contributed by atoms with Crippen molar-refractivity contribution >= 4 is 21.8 Å². The molecule has 0 saturated heterocycles. The van der Waals surface area contributed by atoms with Gasteiger partial charge in [-0.25, -0.2) is 0 Å². The molecule has 2 aromatic heterocycles. The second-order valence-electron chi connectivity index (χ2n) is 4.05. The van der Waals surface area contributed by atoms with E-state index in [1.807, 2.05) is 79.9 Å². The summed E-state index contributed by atoms with van der Waals surface area (Å²) in [7, 11) is 0. The number of pyridine rings is 2. The Morgan fingerprint density at radius 2 is 0.833 bits per heavy atom. The van der Waals surface area contributed by atoms with E-state index in [2.05, 4.69) is 35.9 Å². The van der Waals surface area contributed by atoms with E-state index < -0.39 is 0 Å². The molecule has 24 heavy (non-hydrogen) atoms. The van der Waals surface area contributed by atoms with Crippen molar-refractivity contribution in [2.75, 3.05) is 0 Å². The largest absolute Gasteiger partial charge is 0.254 e. The molecule has 1 aromatic carbocycles. The summed E-state index contributed by atoms with van der Waals surface area (Å²) in [5.74, 6) is 0. The van der Waals surface area contributed by atoms with Crippen LogP contribution in [0.4, 0.5) is 0 Å². The van der Waals surface area contributed by atoms with Gasteiger partial charge in [-0.2, -0.15) is 0 Å². The van der Waals surface area contributed by atoms with E-state index in [0.29, 0.717) is 0 Å². The first-order chi connectivity index (χ1) is 11.8. The first-order valence-electron chi connectivity index (χ1n) is 9.37. The fourth-order valence-electron chi connectivity index (χ4n) is 2.20. The minimum atomic E-state index is 1.00. The molecule has 0 bridgehead atoms. The van der Waals surface area contributed by atoms with Crippen molar-refractivity contribution in [3.05, 3.63) is 47.8 Å². The number of rotatable bonds is 0. The first kappa shape index (κ1) is 24.3. The second kappa shape index (κ2) is 14.6. The normalized spacial score (nSPS) is 8.42. The summed E-state index contributed by atoms with van der Waals surface area (Å²) in [6, 6.07) is 8.17. The fourth-order valence-corrected chi connectivity index (χ4v) is 2.20. The van der Waals surface area contributed by atoms with Crippen molar-refractivity contribution in [1.82, 2.24) is 9.97 Å². The summed E-state index contributed by atoms with van der Waals surface area (Å²) in [6.45, 7) is 20.3. The SMILES string of the molecule is CC.CC.CC.CC.Cc1c(C)c2cccnc2c2ncccc12. The van der Waals surface area contributed by atoms with Crippen LogP contribution in [0.25, 0.3) is 21.8 Å². The molecule has 3 rings (SSSR count). The Kier molecular flexibility index (Phi) is 14.8. The van der Waals surface area contributed by atoms with Crippen molar-refractivity contribution in [3.63, 3.8) is 0 Å². The van der Waals surface area contributed by atoms with Crippen molar-refractivity contribution in [2.24, 2.45) is 0 Å². The van der Waals surface area contributed by atoms with E-state index in [9.17, 15) is 0 Å². The van der Waals surface area contributed by atoms with Crippen molar-refractivity contribution in [1.29, 1.82) is 0 Å². The van der Waals surface area contributed by atoms with Crippen LogP contribution in [0.5, 0.6) is 0 Å². The van der Waals surface area contributed by atoms with Gasteiger partial charge in [0.05, 0.1) is 11.0 Å². The fraction of sp³-hybridized carbons (Fsp3) is 0.455. The van der Waals surface area contributed by atoms with Crippen LogP contribution in [0.1, 0.15) is 66.5 Å². The summed E-state index contributed by atoms with van der Waals surface area (Å²) in [5, 5.41) is 2.40. The third kappa shape index (κ3) is 5.59. The highest BCUT2D eigenvalue weighted by Crippen LogP contribution is 2.28. The molecular weight excluding hydrogens is 292 g/mol. The highest BCUT2D eigenvalue weighted by atomic mass is 14.7. The summed E-state index contributed by atoms with van der Waals surface area (Å²) < 4.78 is 0. The van der Waals surface area contributed by atoms with Gasteiger partial charge in [0.1, 0.15) is 0 Å². The van der Waals surface area contributed by atoms with Crippen molar-refractivity contribution < 1.29 is 0 Å². The molecule has 134 valence electrons. The average molecular weight is 329 g/mol. The summed E-state index contributed by atoms with van der Waals surface area (Å²) in [6.07, 6.45) is 3.65. The average Bonchev–Trinajstić information content (AvgIpc) is 2.72. The molecule has 0 aliphatic rings. The highest BCUT2D eigenvalue weighted by Gasteiger charge is 2.08. The third-order valence-electron chi connectivity index (χ3n) is 3.21. The zero-order valence-electron chi connectivity index (χ0n) is 17.4. The van der Waals surface area contributed by atoms with Gasteiger partial charge in [-0.3, -0.25) is 9.97 Å². The van der Waals surface area contributed by atoms with Crippen LogP contribution in [0.2, 0.25) is 0 Å². The molecule has 0 atom stereocenters.